The smallest absolute Gasteiger partial charge is 0.415 e. The molecule has 132 valence electrons. The van der Waals surface area contributed by atoms with Crippen LogP contribution in [0.1, 0.15) is 24.5 Å². The standard InChI is InChI=1S/C19H18F3NO2/c1-18(13-19(20,21)22)11-15-9-5-6-10-16(15)23(18)17(24)25-12-14-7-3-2-4-8-14/h2-10H,11-13H2,1H3. The number of benzene rings is 2. The average molecular weight is 349 g/mol. The summed E-state index contributed by atoms with van der Waals surface area (Å²) in [4.78, 5) is 13.8. The van der Waals surface area contributed by atoms with Crippen molar-refractivity contribution in [2.45, 2.75) is 38.1 Å². The first-order valence-corrected chi connectivity index (χ1v) is 7.94. The predicted octanol–water partition coefficient (Wildman–Crippen LogP) is 5.10. The number of nitrogens with zero attached hydrogens (tertiary/aromatic N) is 1. The number of amides is 1. The Morgan fingerprint density at radius 2 is 1.76 bits per heavy atom. The van der Waals surface area contributed by atoms with Gasteiger partial charge in [0.15, 0.2) is 0 Å². The molecule has 6 heteroatoms. The van der Waals surface area contributed by atoms with Gasteiger partial charge in [0.25, 0.3) is 0 Å². The van der Waals surface area contributed by atoms with Crippen molar-refractivity contribution < 1.29 is 22.7 Å². The molecule has 1 unspecified atom stereocenters. The second-order valence-electron chi connectivity index (χ2n) is 6.47. The number of fused-ring (bicyclic) bond motifs is 1. The van der Waals surface area contributed by atoms with Crippen molar-refractivity contribution in [1.82, 2.24) is 0 Å². The average Bonchev–Trinajstić information content (AvgIpc) is 2.83. The van der Waals surface area contributed by atoms with E-state index in [9.17, 15) is 18.0 Å². The highest BCUT2D eigenvalue weighted by Crippen LogP contribution is 2.44. The van der Waals surface area contributed by atoms with Gasteiger partial charge in [-0.1, -0.05) is 48.5 Å². The summed E-state index contributed by atoms with van der Waals surface area (Å²) in [6.45, 7) is 1.46. The van der Waals surface area contributed by atoms with E-state index in [-0.39, 0.29) is 13.0 Å². The number of alkyl halides is 3. The monoisotopic (exact) mass is 349 g/mol. The molecule has 0 aromatic heterocycles. The molecule has 2 aromatic rings. The maximum atomic E-state index is 13.1. The van der Waals surface area contributed by atoms with Crippen molar-refractivity contribution >= 4 is 11.8 Å². The number of halogens is 3. The van der Waals surface area contributed by atoms with E-state index in [0.29, 0.717) is 11.3 Å². The minimum Gasteiger partial charge on any atom is -0.444 e. The van der Waals surface area contributed by atoms with Crippen LogP contribution in [0.3, 0.4) is 0 Å². The summed E-state index contributed by atoms with van der Waals surface area (Å²) < 4.78 is 44.6. The molecule has 1 aliphatic rings. The fourth-order valence-electron chi connectivity index (χ4n) is 3.33. The molecule has 0 spiro atoms. The van der Waals surface area contributed by atoms with Crippen LogP contribution in [0.2, 0.25) is 0 Å². The second kappa shape index (κ2) is 6.43. The van der Waals surface area contributed by atoms with Gasteiger partial charge in [-0.2, -0.15) is 13.2 Å². The van der Waals surface area contributed by atoms with Gasteiger partial charge in [0.2, 0.25) is 0 Å². The summed E-state index contributed by atoms with van der Waals surface area (Å²) in [5.41, 5.74) is 0.578. The summed E-state index contributed by atoms with van der Waals surface area (Å²) >= 11 is 0. The van der Waals surface area contributed by atoms with Crippen molar-refractivity contribution in [2.24, 2.45) is 0 Å². The Morgan fingerprint density at radius 1 is 1.12 bits per heavy atom. The van der Waals surface area contributed by atoms with E-state index < -0.39 is 24.2 Å². The fourth-order valence-corrected chi connectivity index (χ4v) is 3.33. The van der Waals surface area contributed by atoms with E-state index >= 15 is 0 Å². The molecule has 2 aromatic carbocycles. The lowest BCUT2D eigenvalue weighted by molar-refractivity contribution is -0.145. The Morgan fingerprint density at radius 3 is 2.44 bits per heavy atom. The van der Waals surface area contributed by atoms with Crippen LogP contribution >= 0.6 is 0 Å². The molecule has 0 radical (unpaired) electrons. The van der Waals surface area contributed by atoms with Crippen molar-refractivity contribution in [2.75, 3.05) is 4.90 Å². The van der Waals surface area contributed by atoms with Crippen molar-refractivity contribution in [3.63, 3.8) is 0 Å². The molecule has 1 heterocycles. The number of para-hydroxylation sites is 1. The first-order chi connectivity index (χ1) is 11.8. The maximum absolute atomic E-state index is 13.1. The highest BCUT2D eigenvalue weighted by Gasteiger charge is 2.50. The van der Waals surface area contributed by atoms with Gasteiger partial charge in [-0.15, -0.1) is 0 Å². The van der Waals surface area contributed by atoms with Crippen LogP contribution < -0.4 is 4.90 Å². The lowest BCUT2D eigenvalue weighted by Crippen LogP contribution is -2.50. The number of carbonyl (C=O) groups is 1. The van der Waals surface area contributed by atoms with E-state index in [4.69, 9.17) is 4.74 Å². The minimum atomic E-state index is -4.38. The number of hydrogen-bond acceptors (Lipinski definition) is 2. The van der Waals surface area contributed by atoms with Crippen LogP contribution in [0.5, 0.6) is 0 Å². The summed E-state index contributed by atoms with van der Waals surface area (Å²) in [5.74, 6) is 0. The minimum absolute atomic E-state index is 0.0143. The third-order valence-electron chi connectivity index (χ3n) is 4.31. The van der Waals surface area contributed by atoms with Gasteiger partial charge in [0, 0.05) is 0 Å². The second-order valence-corrected chi connectivity index (χ2v) is 6.47. The van der Waals surface area contributed by atoms with Gasteiger partial charge < -0.3 is 4.74 Å². The van der Waals surface area contributed by atoms with Crippen LogP contribution in [0.4, 0.5) is 23.7 Å². The number of ether oxygens (including phenoxy) is 1. The Balaban J connectivity index is 1.85. The van der Waals surface area contributed by atoms with Gasteiger partial charge in [-0.3, -0.25) is 4.90 Å². The van der Waals surface area contributed by atoms with Crippen molar-refractivity contribution in [1.29, 1.82) is 0 Å². The number of anilines is 1. The number of carbonyl (C=O) groups excluding carboxylic acids is 1. The lowest BCUT2D eigenvalue weighted by atomic mass is 9.92. The molecule has 0 fully saturated rings. The molecule has 25 heavy (non-hydrogen) atoms. The van der Waals surface area contributed by atoms with E-state index in [1.165, 1.54) is 6.92 Å². The van der Waals surface area contributed by atoms with Crippen molar-refractivity contribution in [3.8, 4) is 0 Å². The van der Waals surface area contributed by atoms with E-state index in [1.54, 1.807) is 36.4 Å². The molecule has 0 bridgehead atoms. The fraction of sp³-hybridized carbons (Fsp3) is 0.316. The largest absolute Gasteiger partial charge is 0.444 e. The van der Waals surface area contributed by atoms with Gasteiger partial charge >= 0.3 is 12.3 Å². The number of hydrogen-bond donors (Lipinski definition) is 0. The molecule has 0 saturated carbocycles. The molecule has 1 amide bonds. The maximum Gasteiger partial charge on any atom is 0.415 e. The Bertz CT molecular complexity index is 761. The molecule has 0 aliphatic carbocycles. The Labute approximate surface area is 144 Å². The molecular weight excluding hydrogens is 331 g/mol. The van der Waals surface area contributed by atoms with E-state index in [2.05, 4.69) is 0 Å². The zero-order valence-corrected chi connectivity index (χ0v) is 13.7. The first kappa shape index (κ1) is 17.3. The van der Waals surface area contributed by atoms with Gasteiger partial charge in [0.1, 0.15) is 6.61 Å². The molecule has 3 rings (SSSR count). The molecular formula is C19H18F3NO2. The van der Waals surface area contributed by atoms with Gasteiger partial charge in [-0.05, 0) is 30.5 Å². The highest BCUT2D eigenvalue weighted by molar-refractivity contribution is 5.92. The molecule has 3 nitrogen and oxygen atoms in total. The highest BCUT2D eigenvalue weighted by atomic mass is 19.4. The van der Waals surface area contributed by atoms with Crippen LogP contribution in [0.15, 0.2) is 54.6 Å². The molecule has 0 N–H and O–H groups in total. The first-order valence-electron chi connectivity index (χ1n) is 7.94. The summed E-state index contributed by atoms with van der Waals surface area (Å²) in [7, 11) is 0. The molecule has 1 atom stereocenters. The third-order valence-corrected chi connectivity index (χ3v) is 4.31. The molecule has 0 saturated heterocycles. The normalized spacial score (nSPS) is 19.6. The number of rotatable bonds is 3. The predicted molar refractivity (Wildman–Crippen MR) is 88.3 cm³/mol. The lowest BCUT2D eigenvalue weighted by Gasteiger charge is -2.35. The van der Waals surface area contributed by atoms with E-state index in [0.717, 1.165) is 10.5 Å². The van der Waals surface area contributed by atoms with E-state index in [1.807, 2.05) is 18.2 Å². The third kappa shape index (κ3) is 3.78. The Hall–Kier alpha value is -2.50. The van der Waals surface area contributed by atoms with Crippen LogP contribution in [0.25, 0.3) is 0 Å². The summed E-state index contributed by atoms with van der Waals surface area (Å²) in [6.07, 6.45) is -6.09. The van der Waals surface area contributed by atoms with Crippen molar-refractivity contribution in [3.05, 3.63) is 65.7 Å². The van der Waals surface area contributed by atoms with Crippen LogP contribution in [0, 0.1) is 0 Å². The topological polar surface area (TPSA) is 29.5 Å². The Kier molecular flexibility index (Phi) is 4.45. The zero-order chi connectivity index (χ0) is 18.1. The molecule has 1 aliphatic heterocycles. The SMILES string of the molecule is CC1(CC(F)(F)F)Cc2ccccc2N1C(=O)OCc1ccccc1. The van der Waals surface area contributed by atoms with Crippen LogP contribution in [-0.4, -0.2) is 17.8 Å². The van der Waals surface area contributed by atoms with Gasteiger partial charge in [-0.25, -0.2) is 4.79 Å². The quantitative estimate of drug-likeness (QED) is 0.772. The van der Waals surface area contributed by atoms with Crippen LogP contribution in [-0.2, 0) is 17.8 Å². The van der Waals surface area contributed by atoms with Gasteiger partial charge in [0.05, 0.1) is 17.6 Å². The summed E-state index contributed by atoms with van der Waals surface area (Å²) in [5, 5.41) is 0. The summed E-state index contributed by atoms with van der Waals surface area (Å²) in [6, 6.07) is 15.9. The zero-order valence-electron chi connectivity index (χ0n) is 13.7.